The third-order valence-electron chi connectivity index (χ3n) is 3.56. The summed E-state index contributed by atoms with van der Waals surface area (Å²) >= 11 is 0. The molecular formula is C17H19NO. The smallest absolute Gasteiger partial charge is 0.127 e. The van der Waals surface area contributed by atoms with Gasteiger partial charge in [-0.05, 0) is 62.1 Å². The summed E-state index contributed by atoms with van der Waals surface area (Å²) in [6.07, 6.45) is 2.73. The zero-order valence-electron chi connectivity index (χ0n) is 11.2. The number of ether oxygens (including phenoxy) is 1. The Morgan fingerprint density at radius 1 is 0.947 bits per heavy atom. The first-order valence-corrected chi connectivity index (χ1v) is 6.91. The van der Waals surface area contributed by atoms with Gasteiger partial charge in [-0.25, -0.2) is 0 Å². The second kappa shape index (κ2) is 5.35. The average Bonchev–Trinajstić information content (AvgIpc) is 3.27. The second-order valence-electron chi connectivity index (χ2n) is 5.21. The van der Waals surface area contributed by atoms with Crippen LogP contribution in [-0.2, 0) is 0 Å². The molecule has 1 aliphatic carbocycles. The Morgan fingerprint density at radius 2 is 1.58 bits per heavy atom. The molecule has 1 N–H and O–H groups in total. The van der Waals surface area contributed by atoms with Gasteiger partial charge in [-0.2, -0.15) is 0 Å². The summed E-state index contributed by atoms with van der Waals surface area (Å²) in [5.74, 6) is 2.60. The third kappa shape index (κ3) is 3.28. The molecule has 0 aromatic heterocycles. The lowest BCUT2D eigenvalue weighted by molar-refractivity contribution is 0.483. The summed E-state index contributed by atoms with van der Waals surface area (Å²) in [7, 11) is 0. The van der Waals surface area contributed by atoms with E-state index in [9.17, 15) is 0 Å². The highest BCUT2D eigenvalue weighted by atomic mass is 16.5. The Balaban J connectivity index is 1.62. The molecule has 2 heteroatoms. The van der Waals surface area contributed by atoms with Crippen molar-refractivity contribution < 1.29 is 4.74 Å². The van der Waals surface area contributed by atoms with Gasteiger partial charge in [0.05, 0.1) is 0 Å². The van der Waals surface area contributed by atoms with E-state index in [1.807, 2.05) is 42.5 Å². The number of rotatable bonds is 5. The van der Waals surface area contributed by atoms with E-state index in [1.54, 1.807) is 0 Å². The molecule has 1 saturated carbocycles. The molecule has 1 aliphatic rings. The van der Waals surface area contributed by atoms with Gasteiger partial charge in [0.1, 0.15) is 11.5 Å². The van der Waals surface area contributed by atoms with Crippen molar-refractivity contribution in [2.75, 3.05) is 5.32 Å². The van der Waals surface area contributed by atoms with Gasteiger partial charge in [0.2, 0.25) is 0 Å². The molecule has 0 radical (unpaired) electrons. The summed E-state index contributed by atoms with van der Waals surface area (Å²) in [5, 5.41) is 3.54. The van der Waals surface area contributed by atoms with E-state index in [1.165, 1.54) is 18.5 Å². The predicted molar refractivity (Wildman–Crippen MR) is 78.8 cm³/mol. The van der Waals surface area contributed by atoms with Gasteiger partial charge >= 0.3 is 0 Å². The standard InChI is InChI=1S/C17H19NO/c1-13(14-7-8-14)18-15-9-11-17(12-10-15)19-16-5-3-2-4-6-16/h2-6,9-14,18H,7-8H2,1H3. The Hall–Kier alpha value is -1.96. The number of hydrogen-bond acceptors (Lipinski definition) is 2. The van der Waals surface area contributed by atoms with Crippen LogP contribution < -0.4 is 10.1 Å². The zero-order chi connectivity index (χ0) is 13.1. The number of anilines is 1. The van der Waals surface area contributed by atoms with Crippen molar-refractivity contribution in [1.29, 1.82) is 0 Å². The number of benzene rings is 2. The Morgan fingerprint density at radius 3 is 2.21 bits per heavy atom. The van der Waals surface area contributed by atoms with Crippen molar-refractivity contribution in [3.05, 3.63) is 54.6 Å². The molecule has 0 saturated heterocycles. The van der Waals surface area contributed by atoms with E-state index in [0.29, 0.717) is 6.04 Å². The molecule has 19 heavy (non-hydrogen) atoms. The van der Waals surface area contributed by atoms with Crippen LogP contribution in [0.15, 0.2) is 54.6 Å². The maximum Gasteiger partial charge on any atom is 0.127 e. The lowest BCUT2D eigenvalue weighted by atomic mass is 10.2. The number of hydrogen-bond donors (Lipinski definition) is 1. The minimum atomic E-state index is 0.570. The number of para-hydroxylation sites is 1. The highest BCUT2D eigenvalue weighted by Crippen LogP contribution is 2.34. The Labute approximate surface area is 114 Å². The van der Waals surface area contributed by atoms with E-state index >= 15 is 0 Å². The van der Waals surface area contributed by atoms with Crippen molar-refractivity contribution in [2.45, 2.75) is 25.8 Å². The molecule has 3 rings (SSSR count). The molecule has 1 fully saturated rings. The molecule has 2 aromatic carbocycles. The number of nitrogens with one attached hydrogen (secondary N) is 1. The minimum absolute atomic E-state index is 0.570. The van der Waals surface area contributed by atoms with Crippen LogP contribution in [0.4, 0.5) is 5.69 Å². The fourth-order valence-corrected chi connectivity index (χ4v) is 2.22. The van der Waals surface area contributed by atoms with Gasteiger partial charge in [0.25, 0.3) is 0 Å². The molecule has 2 nitrogen and oxygen atoms in total. The van der Waals surface area contributed by atoms with Gasteiger partial charge in [-0.15, -0.1) is 0 Å². The maximum atomic E-state index is 5.77. The van der Waals surface area contributed by atoms with Crippen LogP contribution in [0.3, 0.4) is 0 Å². The quantitative estimate of drug-likeness (QED) is 0.834. The lowest BCUT2D eigenvalue weighted by Crippen LogP contribution is -2.16. The first-order valence-electron chi connectivity index (χ1n) is 6.91. The van der Waals surface area contributed by atoms with Crippen molar-refractivity contribution in [3.8, 4) is 11.5 Å². The first-order chi connectivity index (χ1) is 9.31. The zero-order valence-corrected chi connectivity index (χ0v) is 11.2. The van der Waals surface area contributed by atoms with Crippen LogP contribution in [0, 0.1) is 5.92 Å². The summed E-state index contributed by atoms with van der Waals surface area (Å²) < 4.78 is 5.77. The molecule has 0 spiro atoms. The average molecular weight is 253 g/mol. The van der Waals surface area contributed by atoms with Crippen molar-refractivity contribution in [2.24, 2.45) is 5.92 Å². The molecule has 1 unspecified atom stereocenters. The molecule has 98 valence electrons. The molecule has 0 heterocycles. The molecule has 2 aromatic rings. The first kappa shape index (κ1) is 12.1. The fraction of sp³-hybridized carbons (Fsp3) is 0.294. The van der Waals surface area contributed by atoms with Crippen LogP contribution in [0.2, 0.25) is 0 Å². The van der Waals surface area contributed by atoms with Crippen molar-refractivity contribution in [3.63, 3.8) is 0 Å². The fourth-order valence-electron chi connectivity index (χ4n) is 2.22. The molecule has 0 bridgehead atoms. The maximum absolute atomic E-state index is 5.77. The lowest BCUT2D eigenvalue weighted by Gasteiger charge is -2.14. The van der Waals surface area contributed by atoms with E-state index in [0.717, 1.165) is 17.4 Å². The van der Waals surface area contributed by atoms with Gasteiger partial charge in [-0.3, -0.25) is 0 Å². The van der Waals surface area contributed by atoms with Crippen LogP contribution >= 0.6 is 0 Å². The normalized spacial score (nSPS) is 15.8. The summed E-state index contributed by atoms with van der Waals surface area (Å²) in [6.45, 7) is 2.26. The third-order valence-corrected chi connectivity index (χ3v) is 3.56. The summed E-state index contributed by atoms with van der Waals surface area (Å²) in [4.78, 5) is 0. The molecule has 1 atom stereocenters. The Bertz CT molecular complexity index is 517. The monoisotopic (exact) mass is 253 g/mol. The molecule has 0 aliphatic heterocycles. The molecular weight excluding hydrogens is 234 g/mol. The van der Waals surface area contributed by atoms with Crippen molar-refractivity contribution in [1.82, 2.24) is 0 Å². The predicted octanol–water partition coefficient (Wildman–Crippen LogP) is 4.69. The highest BCUT2D eigenvalue weighted by molar-refractivity contribution is 5.48. The highest BCUT2D eigenvalue weighted by Gasteiger charge is 2.27. The van der Waals surface area contributed by atoms with Crippen LogP contribution in [0.25, 0.3) is 0 Å². The Kier molecular flexibility index (Phi) is 3.41. The summed E-state index contributed by atoms with van der Waals surface area (Å²) in [6, 6.07) is 18.6. The van der Waals surface area contributed by atoms with Gasteiger partial charge in [-0.1, -0.05) is 18.2 Å². The van der Waals surface area contributed by atoms with Crippen LogP contribution in [0.1, 0.15) is 19.8 Å². The largest absolute Gasteiger partial charge is 0.457 e. The van der Waals surface area contributed by atoms with Gasteiger partial charge < -0.3 is 10.1 Å². The van der Waals surface area contributed by atoms with Crippen LogP contribution in [-0.4, -0.2) is 6.04 Å². The van der Waals surface area contributed by atoms with E-state index < -0.39 is 0 Å². The van der Waals surface area contributed by atoms with Gasteiger partial charge in [0.15, 0.2) is 0 Å². The van der Waals surface area contributed by atoms with E-state index in [2.05, 4.69) is 24.4 Å². The minimum Gasteiger partial charge on any atom is -0.457 e. The van der Waals surface area contributed by atoms with Crippen LogP contribution in [0.5, 0.6) is 11.5 Å². The topological polar surface area (TPSA) is 21.3 Å². The van der Waals surface area contributed by atoms with Crippen molar-refractivity contribution >= 4 is 5.69 Å². The van der Waals surface area contributed by atoms with E-state index in [4.69, 9.17) is 4.74 Å². The van der Waals surface area contributed by atoms with Gasteiger partial charge in [0, 0.05) is 11.7 Å². The molecule has 0 amide bonds. The SMILES string of the molecule is CC(Nc1ccc(Oc2ccccc2)cc1)C1CC1. The summed E-state index contributed by atoms with van der Waals surface area (Å²) in [5.41, 5.74) is 1.17. The van der Waals surface area contributed by atoms with E-state index in [-0.39, 0.29) is 0 Å². The second-order valence-corrected chi connectivity index (χ2v) is 5.21.